The number of anilines is 1. The van der Waals surface area contributed by atoms with Gasteiger partial charge in [-0.25, -0.2) is 9.48 Å². The van der Waals surface area contributed by atoms with E-state index in [-0.39, 0.29) is 34.8 Å². The van der Waals surface area contributed by atoms with Gasteiger partial charge in [-0.15, -0.1) is 0 Å². The molecule has 0 aliphatic carbocycles. The predicted octanol–water partition coefficient (Wildman–Crippen LogP) is 4.54. The van der Waals surface area contributed by atoms with Gasteiger partial charge in [0, 0.05) is 22.9 Å². The van der Waals surface area contributed by atoms with E-state index in [4.69, 9.17) is 0 Å². The van der Waals surface area contributed by atoms with E-state index in [1.807, 2.05) is 0 Å². The summed E-state index contributed by atoms with van der Waals surface area (Å²) >= 11 is 0. The van der Waals surface area contributed by atoms with Crippen LogP contribution in [0, 0.1) is 17.0 Å². The zero-order chi connectivity index (χ0) is 24.3. The molecule has 33 heavy (non-hydrogen) atoms. The maximum absolute atomic E-state index is 13.6. The quantitative estimate of drug-likeness (QED) is 0.327. The minimum Gasteiger partial charge on any atom is -0.462 e. The van der Waals surface area contributed by atoms with Crippen LogP contribution in [0.2, 0.25) is 0 Å². The van der Waals surface area contributed by atoms with Gasteiger partial charge in [-0.1, -0.05) is 6.07 Å². The summed E-state index contributed by atoms with van der Waals surface area (Å²) in [7, 11) is 0. The van der Waals surface area contributed by atoms with Crippen LogP contribution in [-0.2, 0) is 10.9 Å². The van der Waals surface area contributed by atoms with Crippen molar-refractivity contribution in [3.63, 3.8) is 0 Å². The monoisotopic (exact) mass is 462 g/mol. The highest BCUT2D eigenvalue weighted by Gasteiger charge is 2.41. The molecule has 0 atom stereocenters. The molecule has 0 unspecified atom stereocenters. The van der Waals surface area contributed by atoms with Crippen molar-refractivity contribution < 1.29 is 32.4 Å². The highest BCUT2D eigenvalue weighted by Crippen LogP contribution is 2.34. The third-order valence-corrected chi connectivity index (χ3v) is 4.65. The van der Waals surface area contributed by atoms with Crippen LogP contribution in [0.25, 0.3) is 5.69 Å². The predicted molar refractivity (Wildman–Crippen MR) is 110 cm³/mol. The second-order valence-electron chi connectivity index (χ2n) is 6.74. The summed E-state index contributed by atoms with van der Waals surface area (Å²) in [6, 6.07) is 9.29. The number of nitro benzene ring substituents is 1. The largest absolute Gasteiger partial charge is 0.462 e. The first-order chi connectivity index (χ1) is 15.5. The molecule has 0 spiro atoms. The van der Waals surface area contributed by atoms with Crippen molar-refractivity contribution >= 4 is 23.3 Å². The highest BCUT2D eigenvalue weighted by molar-refractivity contribution is 6.05. The Kier molecular flexibility index (Phi) is 6.47. The lowest BCUT2D eigenvalue weighted by Crippen LogP contribution is -2.18. The summed E-state index contributed by atoms with van der Waals surface area (Å²) in [6.07, 6.45) is -4.10. The third kappa shape index (κ3) is 4.84. The Labute approximate surface area is 184 Å². The molecule has 1 amide bonds. The maximum Gasteiger partial charge on any atom is 0.434 e. The van der Waals surface area contributed by atoms with E-state index in [2.05, 4.69) is 15.2 Å². The topological polar surface area (TPSA) is 116 Å². The van der Waals surface area contributed by atoms with E-state index in [1.54, 1.807) is 0 Å². The summed E-state index contributed by atoms with van der Waals surface area (Å²) in [5.41, 5.74) is -1.74. The SMILES string of the molecule is CCOC(=O)c1cnn(-c2ccc(NC(=O)c3cccc([N+](=O)[O-])c3C)cc2)c1C(F)(F)F. The number of hydrogen-bond donors (Lipinski definition) is 1. The number of carbonyl (C=O) groups excluding carboxylic acids is 2. The number of amides is 1. The molecule has 0 aliphatic rings. The lowest BCUT2D eigenvalue weighted by molar-refractivity contribution is -0.385. The average molecular weight is 462 g/mol. The number of benzene rings is 2. The van der Waals surface area contributed by atoms with Crippen LogP contribution < -0.4 is 5.32 Å². The first-order valence-electron chi connectivity index (χ1n) is 9.52. The summed E-state index contributed by atoms with van der Waals surface area (Å²) in [5.74, 6) is -1.77. The number of nitro groups is 1. The van der Waals surface area contributed by atoms with Gasteiger partial charge in [-0.3, -0.25) is 14.9 Å². The Hall–Kier alpha value is -4.22. The number of rotatable bonds is 6. The molecule has 0 radical (unpaired) electrons. The van der Waals surface area contributed by atoms with Crippen LogP contribution in [0.4, 0.5) is 24.5 Å². The van der Waals surface area contributed by atoms with E-state index in [0.29, 0.717) is 4.68 Å². The Morgan fingerprint density at radius 1 is 1.15 bits per heavy atom. The van der Waals surface area contributed by atoms with Crippen LogP contribution in [0.5, 0.6) is 0 Å². The number of ether oxygens (including phenoxy) is 1. The Balaban J connectivity index is 1.89. The molecule has 0 fully saturated rings. The molecule has 0 saturated heterocycles. The zero-order valence-electron chi connectivity index (χ0n) is 17.3. The van der Waals surface area contributed by atoms with Gasteiger partial charge in [0.1, 0.15) is 5.56 Å². The number of alkyl halides is 3. The normalized spacial score (nSPS) is 11.2. The molecule has 2 aromatic carbocycles. The molecule has 172 valence electrons. The summed E-state index contributed by atoms with van der Waals surface area (Å²) in [4.78, 5) is 34.9. The van der Waals surface area contributed by atoms with Gasteiger partial charge in [0.2, 0.25) is 0 Å². The average Bonchev–Trinajstić information content (AvgIpc) is 3.20. The molecule has 0 bridgehead atoms. The van der Waals surface area contributed by atoms with Gasteiger partial charge in [0.25, 0.3) is 11.6 Å². The zero-order valence-corrected chi connectivity index (χ0v) is 17.3. The Bertz CT molecular complexity index is 1220. The van der Waals surface area contributed by atoms with Crippen molar-refractivity contribution in [1.82, 2.24) is 9.78 Å². The number of esters is 1. The lowest BCUT2D eigenvalue weighted by Gasteiger charge is -2.13. The summed E-state index contributed by atoms with van der Waals surface area (Å²) in [6.45, 7) is 2.81. The summed E-state index contributed by atoms with van der Waals surface area (Å²) < 4.78 is 46.1. The summed E-state index contributed by atoms with van der Waals surface area (Å²) in [5, 5.41) is 17.3. The minimum atomic E-state index is -4.88. The standard InChI is InChI=1S/C21H17F3N4O5/c1-3-33-20(30)16-11-25-27(18(16)21(22,23)24)14-9-7-13(8-10-14)26-19(29)15-5-4-6-17(12(15)2)28(31)32/h4-11H,3H2,1-2H3,(H,26,29). The van der Waals surface area contributed by atoms with Gasteiger partial charge >= 0.3 is 12.1 Å². The number of halogens is 3. The Morgan fingerprint density at radius 3 is 2.39 bits per heavy atom. The van der Waals surface area contributed by atoms with Crippen LogP contribution >= 0.6 is 0 Å². The fraction of sp³-hybridized carbons (Fsp3) is 0.190. The van der Waals surface area contributed by atoms with Crippen LogP contribution in [0.1, 0.15) is 38.9 Å². The molecule has 1 N–H and O–H groups in total. The molecule has 0 saturated carbocycles. The number of aromatic nitrogens is 2. The van der Waals surface area contributed by atoms with Gasteiger partial charge in [0.15, 0.2) is 5.69 Å². The van der Waals surface area contributed by atoms with E-state index in [9.17, 15) is 32.9 Å². The molecule has 3 rings (SSSR count). The van der Waals surface area contributed by atoms with Gasteiger partial charge in [-0.05, 0) is 44.2 Å². The van der Waals surface area contributed by atoms with Crippen molar-refractivity contribution in [3.8, 4) is 5.69 Å². The highest BCUT2D eigenvalue weighted by atomic mass is 19.4. The number of hydrogen-bond acceptors (Lipinski definition) is 6. The smallest absolute Gasteiger partial charge is 0.434 e. The van der Waals surface area contributed by atoms with Crippen molar-refractivity contribution in [3.05, 3.63) is 81.2 Å². The van der Waals surface area contributed by atoms with Gasteiger partial charge in [-0.2, -0.15) is 18.3 Å². The number of nitrogens with zero attached hydrogens (tertiary/aromatic N) is 3. The first-order valence-corrected chi connectivity index (χ1v) is 9.52. The fourth-order valence-corrected chi connectivity index (χ4v) is 3.13. The van der Waals surface area contributed by atoms with Crippen LogP contribution in [0.3, 0.4) is 0 Å². The van der Waals surface area contributed by atoms with E-state index < -0.39 is 34.2 Å². The van der Waals surface area contributed by atoms with E-state index >= 15 is 0 Å². The second-order valence-corrected chi connectivity index (χ2v) is 6.74. The molecule has 3 aromatic rings. The van der Waals surface area contributed by atoms with Crippen molar-refractivity contribution in [1.29, 1.82) is 0 Å². The molecular formula is C21H17F3N4O5. The van der Waals surface area contributed by atoms with E-state index in [1.165, 1.54) is 56.3 Å². The maximum atomic E-state index is 13.6. The third-order valence-electron chi connectivity index (χ3n) is 4.65. The van der Waals surface area contributed by atoms with Crippen LogP contribution in [-0.4, -0.2) is 33.2 Å². The van der Waals surface area contributed by atoms with Crippen LogP contribution in [0.15, 0.2) is 48.7 Å². The second kappa shape index (κ2) is 9.10. The molecule has 1 aromatic heterocycles. The van der Waals surface area contributed by atoms with E-state index in [0.717, 1.165) is 6.20 Å². The van der Waals surface area contributed by atoms with Gasteiger partial charge in [0.05, 0.1) is 23.4 Å². The van der Waals surface area contributed by atoms with Crippen molar-refractivity contribution in [2.45, 2.75) is 20.0 Å². The minimum absolute atomic E-state index is 0.0117. The van der Waals surface area contributed by atoms with Gasteiger partial charge < -0.3 is 10.1 Å². The van der Waals surface area contributed by atoms with Crippen molar-refractivity contribution in [2.24, 2.45) is 0 Å². The number of carbonyl (C=O) groups is 2. The molecule has 1 heterocycles. The molecule has 12 heteroatoms. The molecular weight excluding hydrogens is 445 g/mol. The fourth-order valence-electron chi connectivity index (χ4n) is 3.13. The molecule has 0 aliphatic heterocycles. The lowest BCUT2D eigenvalue weighted by atomic mass is 10.1. The van der Waals surface area contributed by atoms with Crippen molar-refractivity contribution in [2.75, 3.05) is 11.9 Å². The molecule has 9 nitrogen and oxygen atoms in total. The Morgan fingerprint density at radius 2 is 1.82 bits per heavy atom. The number of nitrogens with one attached hydrogen (secondary N) is 1. The first kappa shape index (κ1) is 23.4.